The average Bonchev–Trinajstić information content (AvgIpc) is 3.19. The van der Waals surface area contributed by atoms with Crippen LogP contribution in [0.2, 0.25) is 5.02 Å². The maximum absolute atomic E-state index is 14.0. The summed E-state index contributed by atoms with van der Waals surface area (Å²) in [5, 5.41) is 2.01. The molecule has 3 aromatic rings. The summed E-state index contributed by atoms with van der Waals surface area (Å²) in [6, 6.07) is 7.08. The number of hydrogen-bond donors (Lipinski definition) is 0. The lowest BCUT2D eigenvalue weighted by atomic mass is 10.1. The van der Waals surface area contributed by atoms with E-state index in [0.717, 1.165) is 28.5 Å². The van der Waals surface area contributed by atoms with E-state index in [2.05, 4.69) is 4.98 Å². The molecule has 1 fully saturated rings. The Morgan fingerprint density at radius 1 is 1.06 bits per heavy atom. The van der Waals surface area contributed by atoms with Crippen LogP contribution < -0.4 is 4.90 Å². The maximum Gasteiger partial charge on any atom is 0.185 e. The van der Waals surface area contributed by atoms with E-state index in [9.17, 15) is 21.6 Å². The first-order chi connectivity index (χ1) is 14.7. The fourth-order valence-electron chi connectivity index (χ4n) is 3.62. The van der Waals surface area contributed by atoms with Gasteiger partial charge in [0.15, 0.2) is 15.0 Å². The molecular formula is C21H18ClF3N2O2S2. The Kier molecular flexibility index (Phi) is 6.27. The predicted octanol–water partition coefficient (Wildman–Crippen LogP) is 5.25. The number of rotatable bonds is 5. The highest BCUT2D eigenvalue weighted by Crippen LogP contribution is 2.31. The third-order valence-corrected chi connectivity index (χ3v) is 8.79. The molecule has 0 saturated carbocycles. The molecule has 0 radical (unpaired) electrons. The zero-order valence-corrected chi connectivity index (χ0v) is 18.6. The molecule has 1 aliphatic rings. The van der Waals surface area contributed by atoms with Gasteiger partial charge >= 0.3 is 0 Å². The van der Waals surface area contributed by atoms with Gasteiger partial charge in [0.05, 0.1) is 16.0 Å². The molecule has 164 valence electrons. The van der Waals surface area contributed by atoms with Crippen LogP contribution in [-0.4, -0.2) is 31.7 Å². The van der Waals surface area contributed by atoms with Crippen molar-refractivity contribution >= 4 is 37.9 Å². The Hall–Kier alpha value is -2.10. The molecule has 0 bridgehead atoms. The number of nitrogens with zero attached hydrogens (tertiary/aromatic N) is 2. The molecular weight excluding hydrogens is 469 g/mol. The Morgan fingerprint density at radius 2 is 1.81 bits per heavy atom. The first kappa shape index (κ1) is 22.1. The summed E-state index contributed by atoms with van der Waals surface area (Å²) < 4.78 is 66.0. The summed E-state index contributed by atoms with van der Waals surface area (Å²) in [5.74, 6) is -2.34. The third kappa shape index (κ3) is 4.73. The van der Waals surface area contributed by atoms with Gasteiger partial charge < -0.3 is 4.90 Å². The smallest absolute Gasteiger partial charge is 0.185 e. The minimum atomic E-state index is -3.89. The van der Waals surface area contributed by atoms with Crippen LogP contribution in [0, 0.1) is 17.5 Å². The standard InChI is InChI=1S/C21H18ClF3N2O2S2/c22-17-10-13(1-3-18(17)24)9-15-12-30-21(26-15)27-7-5-16(6-8-27)31(28,29)20-4-2-14(23)11-19(20)25/h1-4,10-12,16H,5-9H2. The van der Waals surface area contributed by atoms with E-state index in [1.807, 2.05) is 10.3 Å². The highest BCUT2D eigenvalue weighted by molar-refractivity contribution is 7.92. The topological polar surface area (TPSA) is 50.3 Å². The van der Waals surface area contributed by atoms with E-state index in [1.54, 1.807) is 12.1 Å². The van der Waals surface area contributed by atoms with Gasteiger partial charge in [-0.1, -0.05) is 17.7 Å². The van der Waals surface area contributed by atoms with Gasteiger partial charge in [-0.15, -0.1) is 11.3 Å². The van der Waals surface area contributed by atoms with Crippen molar-refractivity contribution in [1.82, 2.24) is 4.98 Å². The lowest BCUT2D eigenvalue weighted by Crippen LogP contribution is -2.39. The van der Waals surface area contributed by atoms with Gasteiger partial charge in [0, 0.05) is 31.0 Å². The summed E-state index contributed by atoms with van der Waals surface area (Å²) >= 11 is 7.28. The summed E-state index contributed by atoms with van der Waals surface area (Å²) in [6.07, 6.45) is 1.15. The summed E-state index contributed by atoms with van der Waals surface area (Å²) in [6.45, 7) is 0.921. The van der Waals surface area contributed by atoms with E-state index in [-0.39, 0.29) is 5.02 Å². The van der Waals surface area contributed by atoms with Gasteiger partial charge in [-0.25, -0.2) is 26.6 Å². The molecule has 0 unspecified atom stereocenters. The van der Waals surface area contributed by atoms with Crippen LogP contribution in [0.3, 0.4) is 0 Å². The highest BCUT2D eigenvalue weighted by Gasteiger charge is 2.34. The van der Waals surface area contributed by atoms with Gasteiger partial charge in [0.1, 0.15) is 22.3 Å². The first-order valence-corrected chi connectivity index (χ1v) is 12.4. The molecule has 0 atom stereocenters. The third-order valence-electron chi connectivity index (χ3n) is 5.26. The molecule has 4 nitrogen and oxygen atoms in total. The molecule has 31 heavy (non-hydrogen) atoms. The minimum absolute atomic E-state index is 0.0637. The van der Waals surface area contributed by atoms with Crippen molar-refractivity contribution in [2.75, 3.05) is 18.0 Å². The van der Waals surface area contributed by atoms with Crippen LogP contribution >= 0.6 is 22.9 Å². The predicted molar refractivity (Wildman–Crippen MR) is 115 cm³/mol. The Bertz CT molecular complexity index is 1210. The molecule has 0 amide bonds. The normalized spacial score (nSPS) is 15.4. The van der Waals surface area contributed by atoms with Crippen LogP contribution in [0.5, 0.6) is 0 Å². The number of piperidine rings is 1. The van der Waals surface area contributed by atoms with Crippen LogP contribution in [0.15, 0.2) is 46.7 Å². The summed E-state index contributed by atoms with van der Waals surface area (Å²) in [5.41, 5.74) is 1.65. The highest BCUT2D eigenvalue weighted by atomic mass is 35.5. The van der Waals surface area contributed by atoms with Crippen molar-refractivity contribution in [3.05, 3.63) is 75.5 Å². The molecule has 0 aliphatic carbocycles. The second kappa shape index (κ2) is 8.80. The van der Waals surface area contributed by atoms with Crippen LogP contribution in [-0.2, 0) is 16.3 Å². The number of anilines is 1. The van der Waals surface area contributed by atoms with Gasteiger partial charge in [-0.05, 0) is 42.7 Å². The molecule has 1 aromatic heterocycles. The monoisotopic (exact) mass is 486 g/mol. The molecule has 10 heteroatoms. The van der Waals surface area contributed by atoms with E-state index >= 15 is 0 Å². The second-order valence-electron chi connectivity index (χ2n) is 7.35. The Labute approximate surface area is 187 Å². The zero-order chi connectivity index (χ0) is 22.2. The van der Waals surface area contributed by atoms with Crippen molar-refractivity contribution in [3.8, 4) is 0 Å². The molecule has 2 heterocycles. The van der Waals surface area contributed by atoms with Crippen LogP contribution in [0.25, 0.3) is 0 Å². The van der Waals surface area contributed by atoms with Crippen LogP contribution in [0.1, 0.15) is 24.1 Å². The first-order valence-electron chi connectivity index (χ1n) is 9.56. The van der Waals surface area contributed by atoms with Crippen molar-refractivity contribution in [2.45, 2.75) is 29.4 Å². The van der Waals surface area contributed by atoms with Gasteiger partial charge in [0.2, 0.25) is 0 Å². The Balaban J connectivity index is 1.41. The van der Waals surface area contributed by atoms with Gasteiger partial charge in [-0.2, -0.15) is 0 Å². The van der Waals surface area contributed by atoms with E-state index in [4.69, 9.17) is 11.6 Å². The number of thiazole rings is 1. The fraction of sp³-hybridized carbons (Fsp3) is 0.286. The number of hydrogen-bond acceptors (Lipinski definition) is 5. The summed E-state index contributed by atoms with van der Waals surface area (Å²) in [4.78, 5) is 6.15. The average molecular weight is 487 g/mol. The number of sulfone groups is 1. The van der Waals surface area contributed by atoms with E-state index < -0.39 is 37.4 Å². The largest absolute Gasteiger partial charge is 0.348 e. The molecule has 2 aromatic carbocycles. The SMILES string of the molecule is O=S(=O)(c1ccc(F)cc1F)C1CCN(c2nc(Cc3ccc(F)c(Cl)c3)cs2)CC1. The summed E-state index contributed by atoms with van der Waals surface area (Å²) in [7, 11) is -3.89. The molecule has 0 spiro atoms. The second-order valence-corrected chi connectivity index (χ2v) is 10.8. The molecule has 4 rings (SSSR count). The molecule has 1 aliphatic heterocycles. The lowest BCUT2D eigenvalue weighted by molar-refractivity contribution is 0.516. The van der Waals surface area contributed by atoms with Crippen molar-refractivity contribution < 1.29 is 21.6 Å². The van der Waals surface area contributed by atoms with E-state index in [1.165, 1.54) is 17.4 Å². The fourth-order valence-corrected chi connectivity index (χ4v) is 6.49. The number of benzene rings is 2. The minimum Gasteiger partial charge on any atom is -0.348 e. The number of halogens is 4. The van der Waals surface area contributed by atoms with Crippen molar-refractivity contribution in [1.29, 1.82) is 0 Å². The van der Waals surface area contributed by atoms with Gasteiger partial charge in [-0.3, -0.25) is 0 Å². The van der Waals surface area contributed by atoms with Crippen LogP contribution in [0.4, 0.5) is 18.3 Å². The quantitative estimate of drug-likeness (QED) is 0.462. The van der Waals surface area contributed by atoms with E-state index in [0.29, 0.717) is 38.4 Å². The zero-order valence-electron chi connectivity index (χ0n) is 16.2. The Morgan fingerprint density at radius 3 is 2.48 bits per heavy atom. The van der Waals surface area contributed by atoms with Crippen molar-refractivity contribution in [3.63, 3.8) is 0 Å². The van der Waals surface area contributed by atoms with Crippen molar-refractivity contribution in [2.24, 2.45) is 0 Å². The lowest BCUT2D eigenvalue weighted by Gasteiger charge is -2.31. The molecule has 0 N–H and O–H groups in total. The van der Waals surface area contributed by atoms with Gasteiger partial charge in [0.25, 0.3) is 0 Å². The number of aromatic nitrogens is 1. The molecule has 1 saturated heterocycles. The maximum atomic E-state index is 14.0.